The number of nitrogens with one attached hydrogen (secondary N) is 1. The van der Waals surface area contributed by atoms with Crippen molar-refractivity contribution in [2.75, 3.05) is 0 Å². The highest BCUT2D eigenvalue weighted by molar-refractivity contribution is 5.93. The number of carbonyl (C=O) groups is 1. The van der Waals surface area contributed by atoms with Gasteiger partial charge in [0.1, 0.15) is 5.69 Å². The predicted molar refractivity (Wildman–Crippen MR) is 95.8 cm³/mol. The normalized spacial score (nSPS) is 12.6. The summed E-state index contributed by atoms with van der Waals surface area (Å²) in [6.07, 6.45) is -3.01. The lowest BCUT2D eigenvalue weighted by atomic mass is 9.91. The van der Waals surface area contributed by atoms with Crippen LogP contribution in [0.15, 0.2) is 18.3 Å². The number of amides is 1. The first-order chi connectivity index (χ1) is 12.9. The summed E-state index contributed by atoms with van der Waals surface area (Å²) in [5.41, 5.74) is 0.240. The van der Waals surface area contributed by atoms with Crippen molar-refractivity contribution in [3.63, 3.8) is 0 Å². The number of carbonyl (C=O) groups excluding carboxylic acids is 1. The number of nitrogens with zero attached hydrogens (tertiary/aromatic N) is 5. The van der Waals surface area contributed by atoms with Gasteiger partial charge in [0, 0.05) is 36.3 Å². The van der Waals surface area contributed by atoms with Gasteiger partial charge in [0.2, 0.25) is 0 Å². The standard InChI is InChI=1S/C18H21F3N6O/c1-10-11(9-23-26(10)5)8-22-16(28)12-6-15-24-13(17(2,3)4)7-14(18(19,20)21)27(15)25-12/h6-7,9H,8H2,1-5H3,(H,22,28). The predicted octanol–water partition coefficient (Wildman–Crippen LogP) is 3.02. The monoisotopic (exact) mass is 394 g/mol. The van der Waals surface area contributed by atoms with E-state index in [-0.39, 0.29) is 23.6 Å². The van der Waals surface area contributed by atoms with Gasteiger partial charge >= 0.3 is 6.18 Å². The van der Waals surface area contributed by atoms with Gasteiger partial charge in [-0.3, -0.25) is 9.48 Å². The number of fused-ring (bicyclic) bond motifs is 1. The average Bonchev–Trinajstić information content (AvgIpc) is 3.14. The number of hydrogen-bond donors (Lipinski definition) is 1. The topological polar surface area (TPSA) is 77.1 Å². The number of aryl methyl sites for hydroxylation is 1. The summed E-state index contributed by atoms with van der Waals surface area (Å²) in [5, 5.41) is 10.6. The van der Waals surface area contributed by atoms with Crippen molar-refractivity contribution in [1.82, 2.24) is 29.7 Å². The molecule has 28 heavy (non-hydrogen) atoms. The Hall–Kier alpha value is -2.91. The highest BCUT2D eigenvalue weighted by atomic mass is 19.4. The highest BCUT2D eigenvalue weighted by Gasteiger charge is 2.36. The third-order valence-corrected chi connectivity index (χ3v) is 4.49. The summed E-state index contributed by atoms with van der Waals surface area (Å²) in [5.74, 6) is -0.584. The van der Waals surface area contributed by atoms with Gasteiger partial charge in [-0.1, -0.05) is 20.8 Å². The maximum absolute atomic E-state index is 13.5. The third-order valence-electron chi connectivity index (χ3n) is 4.49. The molecule has 0 atom stereocenters. The van der Waals surface area contributed by atoms with Gasteiger partial charge in [-0.25, -0.2) is 9.50 Å². The van der Waals surface area contributed by atoms with E-state index in [1.165, 1.54) is 6.07 Å². The molecular formula is C18H21F3N6O. The first-order valence-electron chi connectivity index (χ1n) is 8.62. The van der Waals surface area contributed by atoms with Crippen molar-refractivity contribution in [1.29, 1.82) is 0 Å². The number of alkyl halides is 3. The molecule has 150 valence electrons. The third kappa shape index (κ3) is 3.71. The first-order valence-corrected chi connectivity index (χ1v) is 8.62. The molecule has 0 unspecified atom stereocenters. The summed E-state index contributed by atoms with van der Waals surface area (Å²) in [6, 6.07) is 2.23. The van der Waals surface area contributed by atoms with Crippen LogP contribution >= 0.6 is 0 Å². The molecule has 3 heterocycles. The van der Waals surface area contributed by atoms with Crippen LogP contribution in [0.2, 0.25) is 0 Å². The van der Waals surface area contributed by atoms with E-state index in [2.05, 4.69) is 20.5 Å². The van der Waals surface area contributed by atoms with Crippen molar-refractivity contribution >= 4 is 11.6 Å². The van der Waals surface area contributed by atoms with Gasteiger partial charge in [-0.15, -0.1) is 0 Å². The molecule has 0 saturated carbocycles. The maximum Gasteiger partial charge on any atom is 0.433 e. The minimum absolute atomic E-state index is 0.0255. The Labute approximate surface area is 159 Å². The fraction of sp³-hybridized carbons (Fsp3) is 0.444. The minimum Gasteiger partial charge on any atom is -0.346 e. The van der Waals surface area contributed by atoms with E-state index in [4.69, 9.17) is 0 Å². The average molecular weight is 394 g/mol. The zero-order valence-electron chi connectivity index (χ0n) is 16.2. The van der Waals surface area contributed by atoms with Gasteiger partial charge in [-0.2, -0.15) is 23.4 Å². The van der Waals surface area contributed by atoms with E-state index in [0.29, 0.717) is 4.52 Å². The lowest BCUT2D eigenvalue weighted by Gasteiger charge is -2.19. The van der Waals surface area contributed by atoms with Crippen LogP contribution in [0.1, 0.15) is 53.9 Å². The molecule has 0 saturated heterocycles. The van der Waals surface area contributed by atoms with Gasteiger partial charge in [0.15, 0.2) is 11.3 Å². The number of aromatic nitrogens is 5. The quantitative estimate of drug-likeness (QED) is 0.741. The molecule has 0 bridgehead atoms. The van der Waals surface area contributed by atoms with Crippen molar-refractivity contribution in [3.05, 3.63) is 46.7 Å². The summed E-state index contributed by atoms with van der Waals surface area (Å²) < 4.78 is 42.9. The van der Waals surface area contributed by atoms with Crippen LogP contribution in [0, 0.1) is 6.92 Å². The smallest absolute Gasteiger partial charge is 0.346 e. The zero-order valence-corrected chi connectivity index (χ0v) is 16.2. The molecule has 1 amide bonds. The molecule has 3 aromatic rings. The molecule has 3 rings (SSSR count). The summed E-state index contributed by atoms with van der Waals surface area (Å²) in [6.45, 7) is 7.36. The van der Waals surface area contributed by atoms with Crippen LogP contribution in [-0.4, -0.2) is 30.3 Å². The van der Waals surface area contributed by atoms with E-state index in [1.807, 2.05) is 6.92 Å². The van der Waals surface area contributed by atoms with Crippen LogP contribution < -0.4 is 5.32 Å². The summed E-state index contributed by atoms with van der Waals surface area (Å²) in [7, 11) is 1.78. The molecule has 0 fully saturated rings. The first kappa shape index (κ1) is 19.8. The van der Waals surface area contributed by atoms with Crippen LogP contribution in [0.3, 0.4) is 0 Å². The molecule has 0 spiro atoms. The van der Waals surface area contributed by atoms with Crippen LogP contribution in [0.25, 0.3) is 5.65 Å². The van der Waals surface area contributed by atoms with Crippen molar-refractivity contribution < 1.29 is 18.0 Å². The van der Waals surface area contributed by atoms with E-state index in [1.54, 1.807) is 38.7 Å². The molecule has 1 N–H and O–H groups in total. The van der Waals surface area contributed by atoms with Crippen molar-refractivity contribution in [2.45, 2.75) is 45.8 Å². The molecule has 0 radical (unpaired) electrons. The lowest BCUT2D eigenvalue weighted by molar-refractivity contribution is -0.142. The Bertz CT molecular complexity index is 1040. The van der Waals surface area contributed by atoms with E-state index in [0.717, 1.165) is 17.3 Å². The van der Waals surface area contributed by atoms with E-state index in [9.17, 15) is 18.0 Å². The van der Waals surface area contributed by atoms with Crippen LogP contribution in [-0.2, 0) is 25.2 Å². The second-order valence-electron chi connectivity index (χ2n) is 7.64. The Balaban J connectivity index is 1.96. The molecule has 3 aromatic heterocycles. The molecule has 0 aliphatic rings. The fourth-order valence-electron chi connectivity index (χ4n) is 2.66. The molecule has 0 aliphatic carbocycles. The summed E-state index contributed by atoms with van der Waals surface area (Å²) >= 11 is 0. The van der Waals surface area contributed by atoms with Gasteiger partial charge in [0.05, 0.1) is 11.9 Å². The molecule has 10 heteroatoms. The Morgan fingerprint density at radius 3 is 2.43 bits per heavy atom. The highest BCUT2D eigenvalue weighted by Crippen LogP contribution is 2.32. The fourth-order valence-corrected chi connectivity index (χ4v) is 2.66. The molecule has 7 nitrogen and oxygen atoms in total. The van der Waals surface area contributed by atoms with Gasteiger partial charge < -0.3 is 5.32 Å². The second-order valence-corrected chi connectivity index (χ2v) is 7.64. The van der Waals surface area contributed by atoms with Crippen molar-refractivity contribution in [2.24, 2.45) is 7.05 Å². The molecule has 0 aliphatic heterocycles. The van der Waals surface area contributed by atoms with E-state index >= 15 is 0 Å². The Morgan fingerprint density at radius 1 is 1.21 bits per heavy atom. The van der Waals surface area contributed by atoms with Crippen LogP contribution in [0.5, 0.6) is 0 Å². The van der Waals surface area contributed by atoms with E-state index < -0.39 is 23.2 Å². The summed E-state index contributed by atoms with van der Waals surface area (Å²) in [4.78, 5) is 16.7. The maximum atomic E-state index is 13.5. The second kappa shape index (κ2) is 6.61. The van der Waals surface area contributed by atoms with Gasteiger partial charge in [0.25, 0.3) is 5.91 Å². The molecule has 0 aromatic carbocycles. The lowest BCUT2D eigenvalue weighted by Crippen LogP contribution is -2.24. The largest absolute Gasteiger partial charge is 0.433 e. The Kier molecular flexibility index (Phi) is 4.68. The van der Waals surface area contributed by atoms with Gasteiger partial charge in [-0.05, 0) is 13.0 Å². The molecular weight excluding hydrogens is 373 g/mol. The van der Waals surface area contributed by atoms with Crippen molar-refractivity contribution in [3.8, 4) is 0 Å². The zero-order chi connectivity index (χ0) is 20.9. The van der Waals surface area contributed by atoms with Crippen LogP contribution in [0.4, 0.5) is 13.2 Å². The SMILES string of the molecule is Cc1c(CNC(=O)c2cc3nc(C(C)(C)C)cc(C(F)(F)F)n3n2)cnn1C. The number of halogens is 3. The number of hydrogen-bond acceptors (Lipinski definition) is 4. The number of rotatable bonds is 3. The Morgan fingerprint density at radius 2 is 1.89 bits per heavy atom. The minimum atomic E-state index is -4.63.